The van der Waals surface area contributed by atoms with Crippen LogP contribution in [-0.4, -0.2) is 32.6 Å². The van der Waals surface area contributed by atoms with Crippen molar-refractivity contribution in [1.29, 1.82) is 0 Å². The molecular formula is C9H22O4. The Balaban J connectivity index is -0.0000000600. The molecule has 0 spiro atoms. The van der Waals surface area contributed by atoms with Crippen LogP contribution in [-0.2, 0) is 19.1 Å². The minimum absolute atomic E-state index is 0. The van der Waals surface area contributed by atoms with E-state index in [1.165, 1.54) is 28.1 Å². The number of methoxy groups -OCH3 is 2. The number of rotatable bonds is 2. The van der Waals surface area contributed by atoms with Crippen LogP contribution in [0.1, 0.15) is 28.7 Å². The van der Waals surface area contributed by atoms with Gasteiger partial charge in [-0.15, -0.1) is 0 Å². The zero-order valence-corrected chi connectivity index (χ0v) is 7.34. The molecule has 0 saturated carbocycles. The molecule has 0 aliphatic heterocycles. The second-order valence-corrected chi connectivity index (χ2v) is 1.92. The van der Waals surface area contributed by atoms with Crippen LogP contribution in [0, 0.1) is 0 Å². The first kappa shape index (κ1) is 22.7. The summed E-state index contributed by atoms with van der Waals surface area (Å²) in [5.74, 6) is -0.178. The number of hydrogen-bond donors (Lipinski definition) is 0. The van der Waals surface area contributed by atoms with Crippen molar-refractivity contribution >= 4 is 11.8 Å². The number of Topliss-reactive ketones (excluding diaryl/α,β-unsaturated/α-hetero) is 1. The molecule has 4 nitrogen and oxygen atoms in total. The van der Waals surface area contributed by atoms with E-state index < -0.39 is 0 Å². The predicted molar refractivity (Wildman–Crippen MR) is 53.7 cm³/mol. The molecule has 4 heteroatoms. The highest BCUT2D eigenvalue weighted by Gasteiger charge is 1.93. The van der Waals surface area contributed by atoms with E-state index in [1.54, 1.807) is 0 Å². The lowest BCUT2D eigenvalue weighted by Gasteiger charge is -1.92. The van der Waals surface area contributed by atoms with Gasteiger partial charge < -0.3 is 14.3 Å². The van der Waals surface area contributed by atoms with Crippen LogP contribution < -0.4 is 0 Å². The van der Waals surface area contributed by atoms with Crippen LogP contribution in [0.5, 0.6) is 0 Å². The number of carbonyl (C=O) groups is 2. The number of carbonyl (C=O) groups excluding carboxylic acids is 2. The van der Waals surface area contributed by atoms with E-state index in [-0.39, 0.29) is 33.2 Å². The third-order valence-electron chi connectivity index (χ3n) is 0.490. The summed E-state index contributed by atoms with van der Waals surface area (Å²) in [7, 11) is 2.76. The Morgan fingerprint density at radius 2 is 1.38 bits per heavy atom. The largest absolute Gasteiger partial charge is 0.467 e. The zero-order chi connectivity index (χ0) is 9.28. The van der Waals surface area contributed by atoms with Gasteiger partial charge in [-0.05, 0) is 13.8 Å². The summed E-state index contributed by atoms with van der Waals surface area (Å²) < 4.78 is 8.65. The summed E-state index contributed by atoms with van der Waals surface area (Å²) in [5.41, 5.74) is 0. The van der Waals surface area contributed by atoms with Gasteiger partial charge in [-0.3, -0.25) is 0 Å². The minimum atomic E-state index is -0.345. The number of hydrogen-bond acceptors (Lipinski definition) is 4. The van der Waals surface area contributed by atoms with Crippen molar-refractivity contribution in [1.82, 2.24) is 0 Å². The predicted octanol–water partition coefficient (Wildman–Crippen LogP) is 1.67. The van der Waals surface area contributed by atoms with Crippen molar-refractivity contribution in [3.63, 3.8) is 0 Å². The molecule has 0 atom stereocenters. The lowest BCUT2D eigenvalue weighted by molar-refractivity contribution is -0.144. The normalized spacial score (nSPS) is 6.46. The quantitative estimate of drug-likeness (QED) is 0.627. The maximum Gasteiger partial charge on any atom is 0.331 e. The number of ketones is 1. The Morgan fingerprint density at radius 1 is 1.08 bits per heavy atom. The first-order valence-electron chi connectivity index (χ1n) is 3.07. The minimum Gasteiger partial charge on any atom is -0.467 e. The zero-order valence-electron chi connectivity index (χ0n) is 7.34. The van der Waals surface area contributed by atoms with E-state index in [2.05, 4.69) is 9.47 Å². The highest BCUT2D eigenvalue weighted by molar-refractivity contribution is 5.72. The summed E-state index contributed by atoms with van der Waals surface area (Å²) >= 11 is 0. The Morgan fingerprint density at radius 3 is 1.46 bits per heavy atom. The van der Waals surface area contributed by atoms with E-state index in [9.17, 15) is 9.59 Å². The lowest BCUT2D eigenvalue weighted by atomic mass is 10.6. The SMILES string of the molecule is C.C.CC(C)=O.COCC(=O)OC. The van der Waals surface area contributed by atoms with Crippen LogP contribution >= 0.6 is 0 Å². The molecule has 82 valence electrons. The van der Waals surface area contributed by atoms with Crippen molar-refractivity contribution in [3.05, 3.63) is 0 Å². The van der Waals surface area contributed by atoms with E-state index in [0.717, 1.165) is 0 Å². The molecule has 0 radical (unpaired) electrons. The van der Waals surface area contributed by atoms with Crippen molar-refractivity contribution in [2.75, 3.05) is 20.8 Å². The molecule has 0 heterocycles. The van der Waals surface area contributed by atoms with Gasteiger partial charge in [0.05, 0.1) is 7.11 Å². The molecule has 0 aromatic carbocycles. The molecule has 0 bridgehead atoms. The summed E-state index contributed by atoms with van der Waals surface area (Å²) in [5, 5.41) is 0. The molecule has 0 N–H and O–H groups in total. The van der Waals surface area contributed by atoms with Gasteiger partial charge in [0.15, 0.2) is 0 Å². The maximum absolute atomic E-state index is 10.1. The molecule has 0 rings (SSSR count). The first-order chi connectivity index (χ1) is 5.04. The highest BCUT2D eigenvalue weighted by atomic mass is 16.6. The maximum atomic E-state index is 10.1. The first-order valence-corrected chi connectivity index (χ1v) is 3.07. The topological polar surface area (TPSA) is 52.6 Å². The Bertz CT molecular complexity index is 117. The Hall–Kier alpha value is -0.900. The van der Waals surface area contributed by atoms with Crippen molar-refractivity contribution < 1.29 is 19.1 Å². The van der Waals surface area contributed by atoms with Crippen LogP contribution in [0.4, 0.5) is 0 Å². The fraction of sp³-hybridized carbons (Fsp3) is 0.778. The van der Waals surface area contributed by atoms with E-state index in [4.69, 9.17) is 0 Å². The smallest absolute Gasteiger partial charge is 0.331 e. The van der Waals surface area contributed by atoms with Crippen LogP contribution in [0.15, 0.2) is 0 Å². The number of ether oxygens (including phenoxy) is 2. The third-order valence-corrected chi connectivity index (χ3v) is 0.490. The number of esters is 1. The Labute approximate surface area is 81.2 Å². The van der Waals surface area contributed by atoms with Crippen molar-refractivity contribution in [3.8, 4) is 0 Å². The van der Waals surface area contributed by atoms with Gasteiger partial charge in [0.2, 0.25) is 0 Å². The molecule has 0 unspecified atom stereocenters. The van der Waals surface area contributed by atoms with Crippen LogP contribution in [0.2, 0.25) is 0 Å². The summed E-state index contributed by atoms with van der Waals surface area (Å²) in [6.45, 7) is 3.09. The molecule has 0 aliphatic rings. The molecule has 0 aromatic heterocycles. The standard InChI is InChI=1S/C4H8O3.C3H6O.2CH4/c1-6-3-4(5)7-2;1-3(2)4;;/h3H2,1-2H3;1-2H3;2*1H4. The second-order valence-electron chi connectivity index (χ2n) is 1.92. The molecule has 0 fully saturated rings. The highest BCUT2D eigenvalue weighted by Crippen LogP contribution is 1.71. The molecular weight excluding hydrogens is 172 g/mol. The van der Waals surface area contributed by atoms with Gasteiger partial charge >= 0.3 is 5.97 Å². The van der Waals surface area contributed by atoms with E-state index in [0.29, 0.717) is 0 Å². The third kappa shape index (κ3) is 54.7. The Kier molecular flexibility index (Phi) is 30.2. The fourth-order valence-corrected chi connectivity index (χ4v) is 0.177. The molecule has 0 saturated heterocycles. The van der Waals surface area contributed by atoms with Gasteiger partial charge in [0, 0.05) is 7.11 Å². The van der Waals surface area contributed by atoms with E-state index in [1.807, 2.05) is 0 Å². The average molecular weight is 194 g/mol. The van der Waals surface area contributed by atoms with Gasteiger partial charge in [0.25, 0.3) is 0 Å². The fourth-order valence-electron chi connectivity index (χ4n) is 0.177. The van der Waals surface area contributed by atoms with Crippen molar-refractivity contribution in [2.24, 2.45) is 0 Å². The van der Waals surface area contributed by atoms with Gasteiger partial charge in [-0.25, -0.2) is 4.79 Å². The van der Waals surface area contributed by atoms with Gasteiger partial charge in [-0.1, -0.05) is 14.9 Å². The second kappa shape index (κ2) is 17.3. The molecule has 0 aliphatic carbocycles. The lowest BCUT2D eigenvalue weighted by Crippen LogP contribution is -2.07. The van der Waals surface area contributed by atoms with Gasteiger partial charge in [0.1, 0.15) is 12.4 Å². The van der Waals surface area contributed by atoms with Crippen molar-refractivity contribution in [2.45, 2.75) is 28.7 Å². The summed E-state index contributed by atoms with van der Waals surface area (Å²) in [6.07, 6.45) is 0. The molecule has 0 amide bonds. The summed E-state index contributed by atoms with van der Waals surface area (Å²) in [4.78, 5) is 19.5. The molecule has 13 heavy (non-hydrogen) atoms. The van der Waals surface area contributed by atoms with Gasteiger partial charge in [-0.2, -0.15) is 0 Å². The average Bonchev–Trinajstić information content (AvgIpc) is 1.87. The van der Waals surface area contributed by atoms with Crippen LogP contribution in [0.3, 0.4) is 0 Å². The monoisotopic (exact) mass is 194 g/mol. The summed E-state index contributed by atoms with van der Waals surface area (Å²) in [6, 6.07) is 0. The molecule has 0 aromatic rings. The van der Waals surface area contributed by atoms with E-state index >= 15 is 0 Å². The van der Waals surface area contributed by atoms with Crippen LogP contribution in [0.25, 0.3) is 0 Å².